The first-order chi connectivity index (χ1) is 13.2. The molecule has 0 saturated carbocycles. The fourth-order valence-electron chi connectivity index (χ4n) is 3.43. The van der Waals surface area contributed by atoms with Crippen LogP contribution in [-0.2, 0) is 4.79 Å². The first-order valence-electron chi connectivity index (χ1n) is 9.09. The van der Waals surface area contributed by atoms with Gasteiger partial charge in [-0.15, -0.1) is 11.3 Å². The van der Waals surface area contributed by atoms with Crippen molar-refractivity contribution in [1.29, 1.82) is 5.26 Å². The SMILES string of the molecule is N#Cc1ccc(NC(=O)CN2CCC(c3nc4ccccc4s3)CC2)cc1. The molecule has 0 aliphatic carbocycles. The molecule has 27 heavy (non-hydrogen) atoms. The maximum Gasteiger partial charge on any atom is 0.238 e. The minimum atomic E-state index is -0.0156. The summed E-state index contributed by atoms with van der Waals surface area (Å²) < 4.78 is 1.25. The maximum atomic E-state index is 12.3. The van der Waals surface area contributed by atoms with Crippen molar-refractivity contribution in [2.45, 2.75) is 18.8 Å². The number of nitrogens with zero attached hydrogens (tertiary/aromatic N) is 3. The maximum absolute atomic E-state index is 12.3. The number of nitrogens with one attached hydrogen (secondary N) is 1. The van der Waals surface area contributed by atoms with Gasteiger partial charge in [0, 0.05) is 11.6 Å². The molecule has 1 aromatic heterocycles. The predicted molar refractivity (Wildman–Crippen MR) is 108 cm³/mol. The number of benzene rings is 2. The van der Waals surface area contributed by atoms with E-state index >= 15 is 0 Å². The first-order valence-corrected chi connectivity index (χ1v) is 9.91. The molecule has 2 heterocycles. The number of aromatic nitrogens is 1. The number of hydrogen-bond donors (Lipinski definition) is 1. The van der Waals surface area contributed by atoms with Crippen LogP contribution in [0.1, 0.15) is 29.3 Å². The fourth-order valence-corrected chi connectivity index (χ4v) is 4.57. The Morgan fingerprint density at radius 2 is 1.93 bits per heavy atom. The van der Waals surface area contributed by atoms with Gasteiger partial charge in [-0.2, -0.15) is 5.26 Å². The molecule has 1 fully saturated rings. The lowest BCUT2D eigenvalue weighted by atomic mass is 9.97. The van der Waals surface area contributed by atoms with E-state index in [-0.39, 0.29) is 5.91 Å². The van der Waals surface area contributed by atoms with E-state index in [1.807, 2.05) is 6.07 Å². The van der Waals surface area contributed by atoms with Crippen LogP contribution in [0.5, 0.6) is 0 Å². The topological polar surface area (TPSA) is 69.0 Å². The number of piperidine rings is 1. The van der Waals surface area contributed by atoms with Gasteiger partial charge in [-0.25, -0.2) is 4.98 Å². The van der Waals surface area contributed by atoms with Crippen molar-refractivity contribution in [3.05, 3.63) is 59.1 Å². The van der Waals surface area contributed by atoms with E-state index < -0.39 is 0 Å². The molecule has 1 N–H and O–H groups in total. The Labute approximate surface area is 162 Å². The highest BCUT2D eigenvalue weighted by atomic mass is 32.1. The molecule has 5 nitrogen and oxygen atoms in total. The van der Waals surface area contributed by atoms with Crippen LogP contribution in [0.4, 0.5) is 5.69 Å². The predicted octanol–water partition coefficient (Wildman–Crippen LogP) is 3.99. The van der Waals surface area contributed by atoms with E-state index in [9.17, 15) is 4.79 Å². The smallest absolute Gasteiger partial charge is 0.238 e. The summed E-state index contributed by atoms with van der Waals surface area (Å²) in [4.78, 5) is 19.3. The fraction of sp³-hybridized carbons (Fsp3) is 0.286. The van der Waals surface area contributed by atoms with Crippen molar-refractivity contribution in [2.75, 3.05) is 25.0 Å². The number of nitriles is 1. The van der Waals surface area contributed by atoms with Crippen molar-refractivity contribution in [2.24, 2.45) is 0 Å². The molecule has 0 spiro atoms. The minimum absolute atomic E-state index is 0.0156. The number of hydrogen-bond acceptors (Lipinski definition) is 5. The molecular formula is C21H20N4OS. The average molecular weight is 376 g/mol. The Bertz CT molecular complexity index is 948. The van der Waals surface area contributed by atoms with Gasteiger partial charge in [0.15, 0.2) is 0 Å². The molecule has 2 aromatic carbocycles. The molecule has 4 rings (SSSR count). The summed E-state index contributed by atoms with van der Waals surface area (Å²) in [6.45, 7) is 2.20. The standard InChI is InChI=1S/C21H20N4OS/c22-13-15-5-7-17(8-6-15)23-20(26)14-25-11-9-16(10-12-25)21-24-18-3-1-2-4-19(18)27-21/h1-8,16H,9-12,14H2,(H,23,26). The second-order valence-electron chi connectivity index (χ2n) is 6.81. The molecule has 6 heteroatoms. The van der Waals surface area contributed by atoms with Gasteiger partial charge in [-0.3, -0.25) is 9.69 Å². The first kappa shape index (κ1) is 17.7. The van der Waals surface area contributed by atoms with Gasteiger partial charge < -0.3 is 5.32 Å². The number of rotatable bonds is 4. The minimum Gasteiger partial charge on any atom is -0.325 e. The number of anilines is 1. The van der Waals surface area contributed by atoms with E-state index in [2.05, 4.69) is 34.5 Å². The number of carbonyl (C=O) groups excluding carboxylic acids is 1. The van der Waals surface area contributed by atoms with Crippen LogP contribution in [-0.4, -0.2) is 35.4 Å². The largest absolute Gasteiger partial charge is 0.325 e. The lowest BCUT2D eigenvalue weighted by Crippen LogP contribution is -2.38. The lowest BCUT2D eigenvalue weighted by molar-refractivity contribution is -0.117. The molecule has 1 aliphatic rings. The van der Waals surface area contributed by atoms with E-state index in [0.29, 0.717) is 18.0 Å². The highest BCUT2D eigenvalue weighted by molar-refractivity contribution is 7.18. The van der Waals surface area contributed by atoms with Gasteiger partial charge in [0.2, 0.25) is 5.91 Å². The van der Waals surface area contributed by atoms with Gasteiger partial charge in [-0.1, -0.05) is 12.1 Å². The van der Waals surface area contributed by atoms with Crippen LogP contribution in [0.25, 0.3) is 10.2 Å². The number of thiazole rings is 1. The van der Waals surface area contributed by atoms with Crippen LogP contribution in [0.15, 0.2) is 48.5 Å². The average Bonchev–Trinajstić information content (AvgIpc) is 3.13. The van der Waals surface area contributed by atoms with Gasteiger partial charge >= 0.3 is 0 Å². The Kier molecular flexibility index (Phi) is 5.14. The second-order valence-corrected chi connectivity index (χ2v) is 7.87. The zero-order chi connectivity index (χ0) is 18.6. The van der Waals surface area contributed by atoms with Crippen molar-refractivity contribution < 1.29 is 4.79 Å². The molecule has 0 atom stereocenters. The highest BCUT2D eigenvalue weighted by Crippen LogP contribution is 2.33. The van der Waals surface area contributed by atoms with E-state index in [4.69, 9.17) is 10.2 Å². The molecule has 3 aromatic rings. The normalized spacial score (nSPS) is 15.5. The van der Waals surface area contributed by atoms with E-state index in [1.165, 1.54) is 9.71 Å². The summed E-state index contributed by atoms with van der Waals surface area (Å²) in [6.07, 6.45) is 2.06. The van der Waals surface area contributed by atoms with Crippen molar-refractivity contribution >= 4 is 33.1 Å². The molecule has 136 valence electrons. The zero-order valence-electron chi connectivity index (χ0n) is 14.9. The molecule has 1 amide bonds. The van der Waals surface area contributed by atoms with E-state index in [0.717, 1.165) is 37.1 Å². The summed E-state index contributed by atoms with van der Waals surface area (Å²) in [7, 11) is 0. The number of likely N-dealkylation sites (tertiary alicyclic amines) is 1. The Morgan fingerprint density at radius 3 is 2.63 bits per heavy atom. The van der Waals surface area contributed by atoms with Gasteiger partial charge in [-0.05, 0) is 62.3 Å². The van der Waals surface area contributed by atoms with Crippen LogP contribution in [0.2, 0.25) is 0 Å². The summed E-state index contributed by atoms with van der Waals surface area (Å²) in [6, 6.07) is 17.3. The molecule has 0 unspecified atom stereocenters. The number of fused-ring (bicyclic) bond motifs is 1. The third-order valence-electron chi connectivity index (χ3n) is 4.91. The van der Waals surface area contributed by atoms with Gasteiger partial charge in [0.1, 0.15) is 0 Å². The lowest BCUT2D eigenvalue weighted by Gasteiger charge is -2.30. The van der Waals surface area contributed by atoms with Crippen LogP contribution >= 0.6 is 11.3 Å². The molecule has 1 aliphatic heterocycles. The van der Waals surface area contributed by atoms with Gasteiger partial charge in [0.05, 0.1) is 33.4 Å². The van der Waals surface area contributed by atoms with E-state index in [1.54, 1.807) is 35.6 Å². The zero-order valence-corrected chi connectivity index (χ0v) is 15.7. The highest BCUT2D eigenvalue weighted by Gasteiger charge is 2.24. The van der Waals surface area contributed by atoms with Crippen molar-refractivity contribution in [3.63, 3.8) is 0 Å². The van der Waals surface area contributed by atoms with Crippen LogP contribution in [0, 0.1) is 11.3 Å². The third-order valence-corrected chi connectivity index (χ3v) is 6.11. The molecular weight excluding hydrogens is 356 g/mol. The number of para-hydroxylation sites is 1. The Hall–Kier alpha value is -2.75. The quantitative estimate of drug-likeness (QED) is 0.748. The summed E-state index contributed by atoms with van der Waals surface area (Å²) in [5, 5.41) is 12.9. The van der Waals surface area contributed by atoms with Crippen LogP contribution in [0.3, 0.4) is 0 Å². The number of carbonyl (C=O) groups is 1. The molecule has 1 saturated heterocycles. The summed E-state index contributed by atoms with van der Waals surface area (Å²) in [5.74, 6) is 0.471. The Balaban J connectivity index is 1.29. The second kappa shape index (κ2) is 7.87. The Morgan fingerprint density at radius 1 is 1.19 bits per heavy atom. The summed E-state index contributed by atoms with van der Waals surface area (Å²) >= 11 is 1.79. The monoisotopic (exact) mass is 376 g/mol. The number of amides is 1. The molecule has 0 bridgehead atoms. The van der Waals surface area contributed by atoms with Crippen molar-refractivity contribution in [1.82, 2.24) is 9.88 Å². The third kappa shape index (κ3) is 4.16. The van der Waals surface area contributed by atoms with Crippen molar-refractivity contribution in [3.8, 4) is 6.07 Å². The molecule has 0 radical (unpaired) electrons. The van der Waals surface area contributed by atoms with Crippen LogP contribution < -0.4 is 5.32 Å². The van der Waals surface area contributed by atoms with Gasteiger partial charge in [0.25, 0.3) is 0 Å². The summed E-state index contributed by atoms with van der Waals surface area (Å²) in [5.41, 5.74) is 2.40.